The Morgan fingerprint density at radius 1 is 0.783 bits per heavy atom. The second kappa shape index (κ2) is 6.09. The van der Waals surface area contributed by atoms with Crippen molar-refractivity contribution in [1.29, 1.82) is 0 Å². The highest BCUT2D eigenvalue weighted by Crippen LogP contribution is 2.35. The Morgan fingerprint density at radius 2 is 1.48 bits per heavy atom. The van der Waals surface area contributed by atoms with E-state index in [1.165, 1.54) is 5.56 Å². The first kappa shape index (κ1) is 15.0. The molecule has 0 atom stereocenters. The van der Waals surface area contributed by atoms with E-state index in [4.69, 9.17) is 0 Å². The number of carboxylic acid groups (broad SMARTS) is 1. The molecule has 0 aliphatic rings. The summed E-state index contributed by atoms with van der Waals surface area (Å²) in [6.45, 7) is 4.12. The molecule has 1 N–H and O–H groups in total. The van der Waals surface area contributed by atoms with Gasteiger partial charge in [0, 0.05) is 0 Å². The summed E-state index contributed by atoms with van der Waals surface area (Å²) >= 11 is 0. The van der Waals surface area contributed by atoms with E-state index in [9.17, 15) is 9.90 Å². The molecule has 0 saturated carbocycles. The molecule has 0 aliphatic carbocycles. The van der Waals surface area contributed by atoms with Gasteiger partial charge in [-0.2, -0.15) is 0 Å². The monoisotopic (exact) mass is 302 g/mol. The number of aryl methyl sites for hydroxylation is 2. The fourth-order valence-electron chi connectivity index (χ4n) is 2.89. The van der Waals surface area contributed by atoms with E-state index in [1.54, 1.807) is 12.1 Å². The topological polar surface area (TPSA) is 37.3 Å². The zero-order valence-corrected chi connectivity index (χ0v) is 13.2. The molecule has 0 radical (unpaired) electrons. The predicted octanol–water partition coefficient (Wildman–Crippen LogP) is 5.34. The van der Waals surface area contributed by atoms with E-state index in [0.29, 0.717) is 5.56 Å². The van der Waals surface area contributed by atoms with Crippen molar-refractivity contribution in [3.8, 4) is 22.3 Å². The molecule has 0 aliphatic heterocycles. The highest BCUT2D eigenvalue weighted by molar-refractivity contribution is 5.94. The molecular formula is C21H18O2. The minimum absolute atomic E-state index is 0.305. The van der Waals surface area contributed by atoms with Gasteiger partial charge in [-0.1, -0.05) is 60.2 Å². The lowest BCUT2D eigenvalue weighted by Crippen LogP contribution is -1.98. The van der Waals surface area contributed by atoms with Crippen LogP contribution >= 0.6 is 0 Å². The molecule has 3 aromatic carbocycles. The van der Waals surface area contributed by atoms with Gasteiger partial charge in [0.1, 0.15) is 0 Å². The third kappa shape index (κ3) is 3.02. The van der Waals surface area contributed by atoms with E-state index in [1.807, 2.05) is 36.4 Å². The Labute approximate surface area is 136 Å². The summed E-state index contributed by atoms with van der Waals surface area (Å²) in [4.78, 5) is 11.4. The van der Waals surface area contributed by atoms with E-state index < -0.39 is 5.97 Å². The van der Waals surface area contributed by atoms with Crippen molar-refractivity contribution in [2.75, 3.05) is 0 Å². The Bertz CT molecular complexity index is 864. The molecule has 0 saturated heterocycles. The molecule has 0 heterocycles. The van der Waals surface area contributed by atoms with Gasteiger partial charge in [-0.25, -0.2) is 4.79 Å². The minimum Gasteiger partial charge on any atom is -0.478 e. The molecule has 0 spiro atoms. The van der Waals surface area contributed by atoms with Crippen LogP contribution in [-0.4, -0.2) is 11.1 Å². The first-order valence-electron chi connectivity index (χ1n) is 7.56. The van der Waals surface area contributed by atoms with Crippen LogP contribution in [0, 0.1) is 13.8 Å². The fourth-order valence-corrected chi connectivity index (χ4v) is 2.89. The Morgan fingerprint density at radius 3 is 2.13 bits per heavy atom. The number of hydrogen-bond acceptors (Lipinski definition) is 1. The maximum Gasteiger partial charge on any atom is 0.335 e. The summed E-state index contributed by atoms with van der Waals surface area (Å²) in [6.07, 6.45) is 0. The van der Waals surface area contributed by atoms with Gasteiger partial charge in [-0.05, 0) is 53.8 Å². The summed E-state index contributed by atoms with van der Waals surface area (Å²) in [7, 11) is 0. The van der Waals surface area contributed by atoms with Crippen LogP contribution in [0.5, 0.6) is 0 Å². The lowest BCUT2D eigenvalue weighted by Gasteiger charge is -2.14. The average Bonchev–Trinajstić information content (AvgIpc) is 2.55. The number of benzene rings is 3. The van der Waals surface area contributed by atoms with Crippen LogP contribution in [0.15, 0.2) is 66.7 Å². The molecule has 0 unspecified atom stereocenters. The molecular weight excluding hydrogens is 284 g/mol. The van der Waals surface area contributed by atoms with Gasteiger partial charge < -0.3 is 5.11 Å². The first-order chi connectivity index (χ1) is 11.1. The molecule has 2 heteroatoms. The van der Waals surface area contributed by atoms with Crippen molar-refractivity contribution < 1.29 is 9.90 Å². The third-order valence-electron chi connectivity index (χ3n) is 4.02. The highest BCUT2D eigenvalue weighted by atomic mass is 16.4. The van der Waals surface area contributed by atoms with Gasteiger partial charge in [0.25, 0.3) is 0 Å². The van der Waals surface area contributed by atoms with Crippen LogP contribution in [0.2, 0.25) is 0 Å². The number of rotatable bonds is 3. The molecule has 0 bridgehead atoms. The smallest absolute Gasteiger partial charge is 0.335 e. The molecule has 0 aromatic heterocycles. The second-order valence-corrected chi connectivity index (χ2v) is 5.75. The SMILES string of the molecule is Cc1ccc(-c2cc(C(=O)O)ccc2-c2ccccc2)c(C)c1. The Kier molecular flexibility index (Phi) is 3.98. The van der Waals surface area contributed by atoms with Crippen LogP contribution in [0.25, 0.3) is 22.3 Å². The van der Waals surface area contributed by atoms with Gasteiger partial charge in [-0.3, -0.25) is 0 Å². The van der Waals surface area contributed by atoms with Crippen molar-refractivity contribution in [2.45, 2.75) is 13.8 Å². The maximum absolute atomic E-state index is 11.4. The summed E-state index contributed by atoms with van der Waals surface area (Å²) < 4.78 is 0. The van der Waals surface area contributed by atoms with Gasteiger partial charge in [0.2, 0.25) is 0 Å². The first-order valence-corrected chi connectivity index (χ1v) is 7.56. The predicted molar refractivity (Wildman–Crippen MR) is 93.7 cm³/mol. The molecule has 0 amide bonds. The molecule has 3 rings (SSSR count). The minimum atomic E-state index is -0.907. The van der Waals surface area contributed by atoms with Crippen LogP contribution in [-0.2, 0) is 0 Å². The van der Waals surface area contributed by atoms with E-state index in [0.717, 1.165) is 27.8 Å². The molecule has 3 aromatic rings. The summed E-state index contributed by atoms with van der Waals surface area (Å²) in [5, 5.41) is 9.33. The summed E-state index contributed by atoms with van der Waals surface area (Å²) in [6, 6.07) is 21.6. The molecule has 2 nitrogen and oxygen atoms in total. The molecule has 114 valence electrons. The van der Waals surface area contributed by atoms with Crippen LogP contribution in [0.3, 0.4) is 0 Å². The largest absolute Gasteiger partial charge is 0.478 e. The average molecular weight is 302 g/mol. The van der Waals surface area contributed by atoms with E-state index in [2.05, 4.69) is 32.0 Å². The number of carboxylic acids is 1. The molecule has 23 heavy (non-hydrogen) atoms. The van der Waals surface area contributed by atoms with Crippen molar-refractivity contribution in [2.24, 2.45) is 0 Å². The fraction of sp³-hybridized carbons (Fsp3) is 0.0952. The van der Waals surface area contributed by atoms with Crippen LogP contribution in [0.1, 0.15) is 21.5 Å². The number of aromatic carboxylic acids is 1. The second-order valence-electron chi connectivity index (χ2n) is 5.75. The Balaban J connectivity index is 2.27. The maximum atomic E-state index is 11.4. The summed E-state index contributed by atoms with van der Waals surface area (Å²) in [5.41, 5.74) is 6.79. The van der Waals surface area contributed by atoms with Crippen molar-refractivity contribution in [3.63, 3.8) is 0 Å². The third-order valence-corrected chi connectivity index (χ3v) is 4.02. The molecule has 0 fully saturated rings. The van der Waals surface area contributed by atoms with Gasteiger partial charge >= 0.3 is 5.97 Å². The van der Waals surface area contributed by atoms with Gasteiger partial charge in [0.15, 0.2) is 0 Å². The normalized spacial score (nSPS) is 10.5. The number of hydrogen-bond donors (Lipinski definition) is 1. The summed E-state index contributed by atoms with van der Waals surface area (Å²) in [5.74, 6) is -0.907. The van der Waals surface area contributed by atoms with Crippen molar-refractivity contribution >= 4 is 5.97 Å². The van der Waals surface area contributed by atoms with E-state index >= 15 is 0 Å². The van der Waals surface area contributed by atoms with Crippen LogP contribution < -0.4 is 0 Å². The lowest BCUT2D eigenvalue weighted by atomic mass is 9.90. The number of carbonyl (C=O) groups is 1. The quantitative estimate of drug-likeness (QED) is 0.709. The van der Waals surface area contributed by atoms with Crippen molar-refractivity contribution in [1.82, 2.24) is 0 Å². The van der Waals surface area contributed by atoms with Gasteiger partial charge in [-0.15, -0.1) is 0 Å². The standard InChI is InChI=1S/C21H18O2/c1-14-8-10-18(15(2)12-14)20-13-17(21(22)23)9-11-19(20)16-6-4-3-5-7-16/h3-13H,1-2H3,(H,22,23). The van der Waals surface area contributed by atoms with Crippen LogP contribution in [0.4, 0.5) is 0 Å². The lowest BCUT2D eigenvalue weighted by molar-refractivity contribution is 0.0697. The van der Waals surface area contributed by atoms with E-state index in [-0.39, 0.29) is 0 Å². The van der Waals surface area contributed by atoms with Gasteiger partial charge in [0.05, 0.1) is 5.56 Å². The highest BCUT2D eigenvalue weighted by Gasteiger charge is 2.13. The zero-order valence-electron chi connectivity index (χ0n) is 13.2. The zero-order chi connectivity index (χ0) is 16.4. The Hall–Kier alpha value is -2.87. The van der Waals surface area contributed by atoms with Crippen molar-refractivity contribution in [3.05, 3.63) is 83.4 Å².